The molecule has 0 aromatic heterocycles. The average molecular weight is 284 g/mol. The van der Waals surface area contributed by atoms with Crippen LogP contribution < -0.4 is 10.1 Å². The van der Waals surface area contributed by atoms with Gasteiger partial charge < -0.3 is 10.1 Å². The fourth-order valence-corrected chi connectivity index (χ4v) is 1.70. The maximum Gasteiger partial charge on any atom is 0.260 e. The fraction of sp³-hybridized carbons (Fsp3) is 0.429. The molecule has 4 nitrogen and oxygen atoms in total. The van der Waals surface area contributed by atoms with Crippen LogP contribution in [0.1, 0.15) is 37.0 Å². The van der Waals surface area contributed by atoms with Gasteiger partial charge in [-0.25, -0.2) is 0 Å². The number of nitrogens with one attached hydrogen (secondary N) is 1. The molecule has 1 N–H and O–H groups in total. The molecule has 0 saturated heterocycles. The summed E-state index contributed by atoms with van der Waals surface area (Å²) in [5.41, 5.74) is 0.470. The van der Waals surface area contributed by atoms with E-state index in [1.807, 2.05) is 0 Å². The van der Waals surface area contributed by atoms with E-state index in [4.69, 9.17) is 16.3 Å². The minimum Gasteiger partial charge on any atom is -0.479 e. The highest BCUT2D eigenvalue weighted by atomic mass is 35.5. The zero-order chi connectivity index (χ0) is 14.3. The van der Waals surface area contributed by atoms with Crippen molar-refractivity contribution in [1.82, 2.24) is 5.32 Å². The molecule has 1 atom stereocenters. The molecule has 1 amide bonds. The van der Waals surface area contributed by atoms with Crippen LogP contribution in [0.25, 0.3) is 0 Å². The van der Waals surface area contributed by atoms with Crippen LogP contribution in [-0.4, -0.2) is 24.8 Å². The molecular weight excluding hydrogens is 266 g/mol. The molecule has 1 unspecified atom stereocenters. The Bertz CT molecular complexity index is 448. The van der Waals surface area contributed by atoms with Crippen molar-refractivity contribution in [3.8, 4) is 5.75 Å². The number of carbonyl (C=O) groups excluding carboxylic acids is 2. The van der Waals surface area contributed by atoms with Crippen molar-refractivity contribution in [2.45, 2.75) is 32.8 Å². The van der Waals surface area contributed by atoms with E-state index < -0.39 is 6.10 Å². The monoisotopic (exact) mass is 283 g/mol. The number of unbranched alkanes of at least 4 members (excludes halogenated alkanes) is 1. The quantitative estimate of drug-likeness (QED) is 0.618. The van der Waals surface area contributed by atoms with Gasteiger partial charge in [-0.3, -0.25) is 9.59 Å². The molecule has 0 heterocycles. The number of carbonyl (C=O) groups is 2. The first-order valence-electron chi connectivity index (χ1n) is 6.27. The molecule has 0 fully saturated rings. The highest BCUT2D eigenvalue weighted by molar-refractivity contribution is 6.32. The maximum atomic E-state index is 11.7. The van der Waals surface area contributed by atoms with Crippen LogP contribution in [0.3, 0.4) is 0 Å². The minimum atomic E-state index is -0.628. The summed E-state index contributed by atoms with van der Waals surface area (Å²) in [6.45, 7) is 4.35. The number of rotatable bonds is 7. The van der Waals surface area contributed by atoms with E-state index >= 15 is 0 Å². The van der Waals surface area contributed by atoms with E-state index in [-0.39, 0.29) is 5.91 Å². The highest BCUT2D eigenvalue weighted by Gasteiger charge is 2.15. The van der Waals surface area contributed by atoms with Crippen molar-refractivity contribution < 1.29 is 14.3 Å². The number of hydrogen-bond donors (Lipinski definition) is 1. The summed E-state index contributed by atoms with van der Waals surface area (Å²) in [6, 6.07) is 4.68. The molecule has 1 rings (SSSR count). The first-order chi connectivity index (χ1) is 9.08. The van der Waals surface area contributed by atoms with Crippen LogP contribution in [0, 0.1) is 0 Å². The normalized spacial score (nSPS) is 11.7. The van der Waals surface area contributed by atoms with Crippen LogP contribution in [0.15, 0.2) is 18.2 Å². The average Bonchev–Trinajstić information content (AvgIpc) is 2.41. The summed E-state index contributed by atoms with van der Waals surface area (Å²) in [4.78, 5) is 22.3. The molecule has 0 saturated carbocycles. The summed E-state index contributed by atoms with van der Waals surface area (Å²) in [5.74, 6) is 0.217. The molecule has 104 valence electrons. The maximum absolute atomic E-state index is 11.7. The second-order valence-electron chi connectivity index (χ2n) is 4.21. The van der Waals surface area contributed by atoms with Gasteiger partial charge in [0.15, 0.2) is 6.10 Å². The fourth-order valence-electron chi connectivity index (χ4n) is 1.46. The SMILES string of the molecule is CCCCNC(=O)C(C)Oc1ccc(C=O)cc1Cl. The molecule has 0 aliphatic carbocycles. The molecule has 19 heavy (non-hydrogen) atoms. The van der Waals surface area contributed by atoms with Gasteiger partial charge in [0.25, 0.3) is 5.91 Å². The van der Waals surface area contributed by atoms with Crippen molar-refractivity contribution in [2.75, 3.05) is 6.54 Å². The Balaban J connectivity index is 2.58. The second-order valence-corrected chi connectivity index (χ2v) is 4.62. The van der Waals surface area contributed by atoms with Gasteiger partial charge in [0.2, 0.25) is 0 Å². The summed E-state index contributed by atoms with van der Waals surface area (Å²) >= 11 is 5.97. The zero-order valence-electron chi connectivity index (χ0n) is 11.1. The van der Waals surface area contributed by atoms with Crippen LogP contribution in [0.4, 0.5) is 0 Å². The van der Waals surface area contributed by atoms with E-state index in [1.54, 1.807) is 19.1 Å². The Kier molecular flexibility index (Phi) is 6.36. The largest absolute Gasteiger partial charge is 0.479 e. The van der Waals surface area contributed by atoms with Gasteiger partial charge in [-0.05, 0) is 31.5 Å². The number of halogens is 1. The van der Waals surface area contributed by atoms with Crippen molar-refractivity contribution in [3.05, 3.63) is 28.8 Å². The second kappa shape index (κ2) is 7.79. The Morgan fingerprint density at radius 3 is 2.84 bits per heavy atom. The van der Waals surface area contributed by atoms with E-state index in [0.717, 1.165) is 12.8 Å². The molecule has 5 heteroatoms. The summed E-state index contributed by atoms with van der Waals surface area (Å²) in [6.07, 6.45) is 2.04. The van der Waals surface area contributed by atoms with Gasteiger partial charge in [-0.2, -0.15) is 0 Å². The van der Waals surface area contributed by atoms with Gasteiger partial charge >= 0.3 is 0 Å². The predicted molar refractivity (Wildman–Crippen MR) is 74.8 cm³/mol. The molecule has 0 aliphatic heterocycles. The Morgan fingerprint density at radius 2 is 2.26 bits per heavy atom. The summed E-state index contributed by atoms with van der Waals surface area (Å²) in [5, 5.41) is 3.10. The molecule has 0 spiro atoms. The van der Waals surface area contributed by atoms with E-state index in [2.05, 4.69) is 12.2 Å². The number of hydrogen-bond acceptors (Lipinski definition) is 3. The standard InChI is InChI=1S/C14H18ClNO3/c1-3-4-7-16-14(18)10(2)19-13-6-5-11(9-17)8-12(13)15/h5-6,8-10H,3-4,7H2,1-2H3,(H,16,18). The topological polar surface area (TPSA) is 55.4 Å². The lowest BCUT2D eigenvalue weighted by atomic mass is 10.2. The Hall–Kier alpha value is -1.55. The summed E-state index contributed by atoms with van der Waals surface area (Å²) in [7, 11) is 0. The minimum absolute atomic E-state index is 0.177. The molecular formula is C14H18ClNO3. The molecule has 1 aromatic rings. The lowest BCUT2D eigenvalue weighted by Crippen LogP contribution is -2.36. The number of amides is 1. The van der Waals surface area contributed by atoms with Gasteiger partial charge in [0.05, 0.1) is 5.02 Å². The van der Waals surface area contributed by atoms with Gasteiger partial charge in [-0.1, -0.05) is 24.9 Å². The number of ether oxygens (including phenoxy) is 1. The Labute approximate surface area is 118 Å². The lowest BCUT2D eigenvalue weighted by Gasteiger charge is -2.15. The van der Waals surface area contributed by atoms with Crippen molar-refractivity contribution in [2.24, 2.45) is 0 Å². The third kappa shape index (κ3) is 4.91. The smallest absolute Gasteiger partial charge is 0.260 e. The van der Waals surface area contributed by atoms with Crippen LogP contribution in [0.2, 0.25) is 5.02 Å². The first kappa shape index (κ1) is 15.5. The Morgan fingerprint density at radius 1 is 1.53 bits per heavy atom. The first-order valence-corrected chi connectivity index (χ1v) is 6.65. The molecule has 0 aliphatic rings. The van der Waals surface area contributed by atoms with Crippen LogP contribution >= 0.6 is 11.6 Å². The van der Waals surface area contributed by atoms with Gasteiger partial charge in [0, 0.05) is 12.1 Å². The molecule has 0 bridgehead atoms. The summed E-state index contributed by atoms with van der Waals surface area (Å²) < 4.78 is 5.48. The van der Waals surface area contributed by atoms with Gasteiger partial charge in [0.1, 0.15) is 12.0 Å². The number of aldehydes is 1. The van der Waals surface area contributed by atoms with Crippen LogP contribution in [-0.2, 0) is 4.79 Å². The van der Waals surface area contributed by atoms with Crippen molar-refractivity contribution in [1.29, 1.82) is 0 Å². The van der Waals surface area contributed by atoms with Crippen molar-refractivity contribution >= 4 is 23.8 Å². The van der Waals surface area contributed by atoms with Crippen molar-refractivity contribution in [3.63, 3.8) is 0 Å². The van der Waals surface area contributed by atoms with Gasteiger partial charge in [-0.15, -0.1) is 0 Å². The zero-order valence-corrected chi connectivity index (χ0v) is 11.9. The number of benzene rings is 1. The lowest BCUT2D eigenvalue weighted by molar-refractivity contribution is -0.127. The molecule has 1 aromatic carbocycles. The third-order valence-electron chi connectivity index (χ3n) is 2.59. The van der Waals surface area contributed by atoms with Crippen LogP contribution in [0.5, 0.6) is 5.75 Å². The predicted octanol–water partition coefficient (Wildman–Crippen LogP) is 2.84. The van der Waals surface area contributed by atoms with E-state index in [1.165, 1.54) is 6.07 Å². The molecule has 0 radical (unpaired) electrons. The van der Waals surface area contributed by atoms with E-state index in [9.17, 15) is 9.59 Å². The van der Waals surface area contributed by atoms with E-state index in [0.29, 0.717) is 29.2 Å². The highest BCUT2D eigenvalue weighted by Crippen LogP contribution is 2.25. The third-order valence-corrected chi connectivity index (χ3v) is 2.89.